The quantitative estimate of drug-likeness (QED) is 0.457. The molecule has 1 aliphatic carbocycles. The van der Waals surface area contributed by atoms with Crippen LogP contribution in [0.2, 0.25) is 0 Å². The summed E-state index contributed by atoms with van der Waals surface area (Å²) in [5.74, 6) is -4.71. The Morgan fingerprint density at radius 3 is 2.41 bits per heavy atom. The first-order chi connectivity index (χ1) is 17.6. The molecule has 7 nitrogen and oxygen atoms in total. The molecule has 0 aromatic heterocycles. The summed E-state index contributed by atoms with van der Waals surface area (Å²) in [7, 11) is 0. The van der Waals surface area contributed by atoms with Crippen LogP contribution in [-0.4, -0.2) is 30.4 Å². The highest BCUT2D eigenvalue weighted by molar-refractivity contribution is 6.14. The average Bonchev–Trinajstić information content (AvgIpc) is 3.67. The van der Waals surface area contributed by atoms with Crippen molar-refractivity contribution in [3.63, 3.8) is 0 Å². The number of anilines is 1. The van der Waals surface area contributed by atoms with Crippen LogP contribution in [0, 0.1) is 17.2 Å². The fourth-order valence-corrected chi connectivity index (χ4v) is 4.49. The van der Waals surface area contributed by atoms with Gasteiger partial charge in [-0.1, -0.05) is 18.2 Å². The lowest BCUT2D eigenvalue weighted by atomic mass is 9.75. The van der Waals surface area contributed by atoms with Gasteiger partial charge in [0, 0.05) is 23.3 Å². The number of ether oxygens (including phenoxy) is 1. The van der Waals surface area contributed by atoms with Gasteiger partial charge in [-0.25, -0.2) is 4.79 Å². The number of esters is 1. The predicted octanol–water partition coefficient (Wildman–Crippen LogP) is 4.44. The Bertz CT molecular complexity index is 1310. The van der Waals surface area contributed by atoms with Crippen molar-refractivity contribution in [1.29, 1.82) is 5.26 Å². The van der Waals surface area contributed by atoms with Gasteiger partial charge < -0.3 is 10.1 Å². The third-order valence-electron chi connectivity index (χ3n) is 6.39. The van der Waals surface area contributed by atoms with E-state index < -0.39 is 41.4 Å². The van der Waals surface area contributed by atoms with Gasteiger partial charge in [0.1, 0.15) is 5.92 Å². The van der Waals surface area contributed by atoms with Crippen molar-refractivity contribution in [3.8, 4) is 6.07 Å². The predicted molar refractivity (Wildman–Crippen MR) is 127 cm³/mol. The maximum absolute atomic E-state index is 13.9. The molecule has 1 heterocycles. The number of halogens is 3. The molecule has 192 valence electrons. The molecule has 4 rings (SSSR count). The molecular formula is C27H24F3N3O4. The van der Waals surface area contributed by atoms with Crippen LogP contribution in [0.15, 0.2) is 59.8 Å². The van der Waals surface area contributed by atoms with Crippen LogP contribution in [0.4, 0.5) is 18.9 Å². The number of allylic oxidation sites excluding steroid dienone is 1. The molecule has 0 spiro atoms. The minimum atomic E-state index is -4.66. The van der Waals surface area contributed by atoms with Gasteiger partial charge in [0.05, 0.1) is 29.4 Å². The molecule has 0 radical (unpaired) electrons. The third-order valence-corrected chi connectivity index (χ3v) is 6.39. The highest BCUT2D eigenvalue weighted by Gasteiger charge is 2.49. The molecule has 2 aromatic rings. The summed E-state index contributed by atoms with van der Waals surface area (Å²) in [4.78, 5) is 41.6. The van der Waals surface area contributed by atoms with Crippen molar-refractivity contribution in [2.24, 2.45) is 5.92 Å². The molecule has 2 aromatic carbocycles. The molecular weight excluding hydrogens is 487 g/mol. The van der Waals surface area contributed by atoms with Gasteiger partial charge in [-0.2, -0.15) is 18.4 Å². The molecule has 37 heavy (non-hydrogen) atoms. The van der Waals surface area contributed by atoms with Crippen molar-refractivity contribution < 1.29 is 32.3 Å². The second kappa shape index (κ2) is 10.1. The molecule has 1 aliphatic heterocycles. The Labute approximate surface area is 211 Å². The minimum Gasteiger partial charge on any atom is -0.463 e. The van der Waals surface area contributed by atoms with Crippen LogP contribution in [0.1, 0.15) is 49.3 Å². The number of carbonyl (C=O) groups excluding carboxylic acids is 3. The van der Waals surface area contributed by atoms with E-state index in [0.717, 1.165) is 35.9 Å². The zero-order valence-corrected chi connectivity index (χ0v) is 20.1. The Morgan fingerprint density at radius 1 is 1.16 bits per heavy atom. The summed E-state index contributed by atoms with van der Waals surface area (Å²) in [6, 6.07) is 12.2. The Kier molecular flexibility index (Phi) is 7.07. The molecule has 1 N–H and O–H groups in total. The van der Waals surface area contributed by atoms with Crippen LogP contribution >= 0.6 is 0 Å². The van der Waals surface area contributed by atoms with Crippen LogP contribution < -0.4 is 10.2 Å². The fraction of sp³-hybridized carbons (Fsp3) is 0.333. The van der Waals surface area contributed by atoms with E-state index in [-0.39, 0.29) is 29.6 Å². The number of hydrogen-bond donors (Lipinski definition) is 1. The molecule has 2 unspecified atom stereocenters. The second-order valence-electron chi connectivity index (χ2n) is 8.91. The number of benzene rings is 2. The summed E-state index contributed by atoms with van der Waals surface area (Å²) in [5.41, 5.74) is -0.284. The smallest absolute Gasteiger partial charge is 0.416 e. The van der Waals surface area contributed by atoms with Gasteiger partial charge in [0.2, 0.25) is 11.8 Å². The molecule has 10 heteroatoms. The van der Waals surface area contributed by atoms with Crippen LogP contribution in [-0.2, 0) is 25.3 Å². The van der Waals surface area contributed by atoms with Crippen molar-refractivity contribution in [3.05, 3.63) is 76.5 Å². The Hall–Kier alpha value is -4.13. The van der Waals surface area contributed by atoms with E-state index in [0.29, 0.717) is 11.1 Å². The molecule has 0 saturated heterocycles. The number of rotatable bonds is 6. The SMILES string of the molecule is CCOC(=O)C1=C(C)N(c2cccc(C(F)(F)F)c2)C(=O)C(C(=O)NC2CC2)C1c1ccc(C#N)cc1. The molecule has 0 bridgehead atoms. The largest absolute Gasteiger partial charge is 0.463 e. The third kappa shape index (κ3) is 5.21. The average molecular weight is 512 g/mol. The number of nitrogens with zero attached hydrogens (tertiary/aromatic N) is 2. The number of nitriles is 1. The van der Waals surface area contributed by atoms with Crippen LogP contribution in [0.3, 0.4) is 0 Å². The van der Waals surface area contributed by atoms with E-state index in [2.05, 4.69) is 5.32 Å². The summed E-state index contributed by atoms with van der Waals surface area (Å²) < 4.78 is 45.6. The van der Waals surface area contributed by atoms with E-state index in [1.165, 1.54) is 25.1 Å². The maximum atomic E-state index is 13.9. The monoisotopic (exact) mass is 511 g/mol. The van der Waals surface area contributed by atoms with Crippen LogP contribution in [0.25, 0.3) is 0 Å². The lowest BCUT2D eigenvalue weighted by Gasteiger charge is -2.39. The maximum Gasteiger partial charge on any atom is 0.416 e. The summed E-state index contributed by atoms with van der Waals surface area (Å²) in [6.07, 6.45) is -3.18. The van der Waals surface area contributed by atoms with Gasteiger partial charge in [0.25, 0.3) is 0 Å². The first-order valence-electron chi connectivity index (χ1n) is 11.8. The minimum absolute atomic E-state index is 0.00610. The van der Waals surface area contributed by atoms with Crippen molar-refractivity contribution in [1.82, 2.24) is 5.32 Å². The van der Waals surface area contributed by atoms with Crippen LogP contribution in [0.5, 0.6) is 0 Å². The normalized spacial score (nSPS) is 19.9. The first-order valence-corrected chi connectivity index (χ1v) is 11.8. The van der Waals surface area contributed by atoms with E-state index in [4.69, 9.17) is 4.74 Å². The Morgan fingerprint density at radius 2 is 1.84 bits per heavy atom. The van der Waals surface area contributed by atoms with E-state index in [9.17, 15) is 32.8 Å². The molecule has 1 saturated carbocycles. The molecule has 2 aliphatic rings. The molecule has 1 fully saturated rings. The zero-order valence-electron chi connectivity index (χ0n) is 20.1. The topological polar surface area (TPSA) is 99.5 Å². The van der Waals surface area contributed by atoms with Gasteiger partial charge in [-0.3, -0.25) is 14.5 Å². The lowest BCUT2D eigenvalue weighted by Crippen LogP contribution is -2.51. The summed E-state index contributed by atoms with van der Waals surface area (Å²) in [5, 5.41) is 12.0. The first kappa shape index (κ1) is 25.9. The number of nitrogens with one attached hydrogen (secondary N) is 1. The lowest BCUT2D eigenvalue weighted by molar-refractivity contribution is -0.140. The molecule has 2 amide bonds. The fourth-order valence-electron chi connectivity index (χ4n) is 4.49. The van der Waals surface area contributed by atoms with Crippen molar-refractivity contribution in [2.75, 3.05) is 11.5 Å². The second-order valence-corrected chi connectivity index (χ2v) is 8.91. The van der Waals surface area contributed by atoms with Gasteiger partial charge in [-0.15, -0.1) is 0 Å². The van der Waals surface area contributed by atoms with E-state index >= 15 is 0 Å². The summed E-state index contributed by atoms with van der Waals surface area (Å²) >= 11 is 0. The van der Waals surface area contributed by atoms with Crippen molar-refractivity contribution in [2.45, 2.75) is 44.8 Å². The van der Waals surface area contributed by atoms with E-state index in [1.807, 2.05) is 6.07 Å². The zero-order chi connectivity index (χ0) is 26.9. The molecule has 2 atom stereocenters. The highest BCUT2D eigenvalue weighted by atomic mass is 19.4. The number of hydrogen-bond acceptors (Lipinski definition) is 5. The number of amides is 2. The highest BCUT2D eigenvalue weighted by Crippen LogP contribution is 2.44. The standard InChI is InChI=1S/C27H24F3N3O4/c1-3-37-26(36)21-15(2)33(20-6-4-5-18(13-20)27(28,29)30)25(35)23(24(34)32-19-11-12-19)22(21)17-9-7-16(14-31)8-10-17/h4-10,13,19,22-23H,3,11-12H2,1-2H3,(H,32,34). The number of alkyl halides is 3. The van der Waals surface area contributed by atoms with Crippen molar-refractivity contribution >= 4 is 23.5 Å². The van der Waals surface area contributed by atoms with Gasteiger partial charge in [-0.05, 0) is 62.6 Å². The van der Waals surface area contributed by atoms with Gasteiger partial charge in [0.15, 0.2) is 0 Å². The van der Waals surface area contributed by atoms with E-state index in [1.54, 1.807) is 19.1 Å². The van der Waals surface area contributed by atoms with Gasteiger partial charge >= 0.3 is 12.1 Å². The Balaban J connectivity index is 1.93. The number of carbonyl (C=O) groups is 3. The summed E-state index contributed by atoms with van der Waals surface area (Å²) in [6.45, 7) is 3.04.